The molecule has 0 unspecified atom stereocenters. The molecule has 0 aliphatic carbocycles. The maximum absolute atomic E-state index is 12.3. The first-order valence-electron chi connectivity index (χ1n) is 8.14. The first kappa shape index (κ1) is 17.9. The number of nitrogens with zero attached hydrogens (tertiary/aromatic N) is 1. The molecule has 134 valence electrons. The van der Waals surface area contributed by atoms with Crippen molar-refractivity contribution in [3.63, 3.8) is 0 Å². The van der Waals surface area contributed by atoms with Crippen molar-refractivity contribution in [2.45, 2.75) is 33.0 Å². The molecule has 0 N–H and O–H groups in total. The van der Waals surface area contributed by atoms with Crippen molar-refractivity contribution < 1.29 is 23.5 Å². The second-order valence-electron chi connectivity index (χ2n) is 6.33. The van der Waals surface area contributed by atoms with Crippen LogP contribution in [0.15, 0.2) is 27.1 Å². The van der Waals surface area contributed by atoms with Gasteiger partial charge in [-0.25, -0.2) is 4.79 Å². The van der Waals surface area contributed by atoms with Crippen molar-refractivity contribution >= 4 is 38.8 Å². The van der Waals surface area contributed by atoms with Crippen LogP contribution in [0.1, 0.15) is 30.0 Å². The molecule has 7 heteroatoms. The molecular weight excluding hydrogens is 390 g/mol. The van der Waals surface area contributed by atoms with Gasteiger partial charge >= 0.3 is 5.97 Å². The van der Waals surface area contributed by atoms with E-state index in [9.17, 15) is 9.59 Å². The SMILES string of the molecule is Cc1c(C(=O)OCC(=O)N2C[C@H](C)O[C@@H](C)C2)oc2ccc(Br)cc12. The summed E-state index contributed by atoms with van der Waals surface area (Å²) in [6.45, 7) is 6.31. The van der Waals surface area contributed by atoms with Crippen molar-refractivity contribution in [2.24, 2.45) is 0 Å². The monoisotopic (exact) mass is 409 g/mol. The summed E-state index contributed by atoms with van der Waals surface area (Å²) in [6.07, 6.45) is -0.0565. The standard InChI is InChI=1S/C18H20BrNO5/c1-10-7-20(8-11(2)24-10)16(21)9-23-18(22)17-12(3)14-6-13(19)4-5-15(14)25-17/h4-6,10-11H,7-9H2,1-3H3/t10-,11-/m0/s1. The van der Waals surface area contributed by atoms with Gasteiger partial charge in [0, 0.05) is 28.5 Å². The third-order valence-electron chi connectivity index (χ3n) is 4.18. The van der Waals surface area contributed by atoms with E-state index in [2.05, 4.69) is 15.9 Å². The van der Waals surface area contributed by atoms with Gasteiger partial charge in [-0.05, 0) is 39.0 Å². The second kappa shape index (κ2) is 7.17. The Hall–Kier alpha value is -1.86. The Morgan fingerprint density at radius 1 is 1.28 bits per heavy atom. The minimum Gasteiger partial charge on any atom is -0.450 e. The van der Waals surface area contributed by atoms with Crippen molar-refractivity contribution in [3.05, 3.63) is 34.0 Å². The van der Waals surface area contributed by atoms with Crippen LogP contribution >= 0.6 is 15.9 Å². The molecule has 1 aliphatic rings. The lowest BCUT2D eigenvalue weighted by molar-refractivity contribution is -0.146. The Morgan fingerprint density at radius 3 is 2.64 bits per heavy atom. The molecule has 1 aromatic heterocycles. The first-order valence-corrected chi connectivity index (χ1v) is 8.93. The molecule has 1 amide bonds. The molecule has 25 heavy (non-hydrogen) atoms. The fraction of sp³-hybridized carbons (Fsp3) is 0.444. The van der Waals surface area contributed by atoms with Gasteiger partial charge in [0.05, 0.1) is 12.2 Å². The summed E-state index contributed by atoms with van der Waals surface area (Å²) in [4.78, 5) is 26.3. The Balaban J connectivity index is 1.66. The van der Waals surface area contributed by atoms with Gasteiger partial charge < -0.3 is 18.8 Å². The van der Waals surface area contributed by atoms with Gasteiger partial charge in [0.2, 0.25) is 5.76 Å². The van der Waals surface area contributed by atoms with E-state index >= 15 is 0 Å². The van der Waals surface area contributed by atoms with Gasteiger partial charge in [-0.3, -0.25) is 4.79 Å². The molecule has 0 radical (unpaired) electrons. The van der Waals surface area contributed by atoms with Gasteiger partial charge in [-0.2, -0.15) is 0 Å². The number of halogens is 1. The Bertz CT molecular complexity index is 805. The Kier molecular flexibility index (Phi) is 5.15. The number of furan rings is 1. The largest absolute Gasteiger partial charge is 0.450 e. The summed E-state index contributed by atoms with van der Waals surface area (Å²) in [7, 11) is 0. The highest BCUT2D eigenvalue weighted by Gasteiger charge is 2.27. The number of carbonyl (C=O) groups excluding carboxylic acids is 2. The van der Waals surface area contributed by atoms with Crippen LogP contribution in [0.3, 0.4) is 0 Å². The quantitative estimate of drug-likeness (QED) is 0.727. The molecule has 1 saturated heterocycles. The molecular formula is C18H20BrNO5. The number of hydrogen-bond acceptors (Lipinski definition) is 5. The van der Waals surface area contributed by atoms with Gasteiger partial charge in [-0.1, -0.05) is 15.9 Å². The molecule has 1 fully saturated rings. The number of esters is 1. The Morgan fingerprint density at radius 2 is 1.96 bits per heavy atom. The third kappa shape index (κ3) is 3.88. The highest BCUT2D eigenvalue weighted by molar-refractivity contribution is 9.10. The molecule has 2 heterocycles. The van der Waals surface area contributed by atoms with Crippen LogP contribution < -0.4 is 0 Å². The van der Waals surface area contributed by atoms with E-state index in [-0.39, 0.29) is 30.5 Å². The minimum absolute atomic E-state index is 0.0283. The van der Waals surface area contributed by atoms with Gasteiger partial charge in [0.25, 0.3) is 5.91 Å². The maximum atomic E-state index is 12.3. The summed E-state index contributed by atoms with van der Waals surface area (Å²) in [5.74, 6) is -0.732. The number of morpholine rings is 1. The van der Waals surface area contributed by atoms with E-state index in [0.717, 1.165) is 9.86 Å². The summed E-state index contributed by atoms with van der Waals surface area (Å²) >= 11 is 3.40. The van der Waals surface area contributed by atoms with Crippen molar-refractivity contribution in [1.82, 2.24) is 4.90 Å². The highest BCUT2D eigenvalue weighted by atomic mass is 79.9. The average molecular weight is 410 g/mol. The van der Waals surface area contributed by atoms with Crippen LogP contribution in [0, 0.1) is 6.92 Å². The lowest BCUT2D eigenvalue weighted by atomic mass is 10.1. The van der Waals surface area contributed by atoms with E-state index in [1.54, 1.807) is 17.9 Å². The number of carbonyl (C=O) groups is 2. The van der Waals surface area contributed by atoms with Crippen LogP contribution in [0.2, 0.25) is 0 Å². The molecule has 3 rings (SSSR count). The minimum atomic E-state index is -0.632. The van der Waals surface area contributed by atoms with Gasteiger partial charge in [0.15, 0.2) is 6.61 Å². The smallest absolute Gasteiger partial charge is 0.375 e. The van der Waals surface area contributed by atoms with E-state index in [1.165, 1.54) is 0 Å². The lowest BCUT2D eigenvalue weighted by Gasteiger charge is -2.35. The lowest BCUT2D eigenvalue weighted by Crippen LogP contribution is -2.49. The molecule has 2 aromatic rings. The summed E-state index contributed by atoms with van der Waals surface area (Å²) in [6, 6.07) is 5.50. The number of hydrogen-bond donors (Lipinski definition) is 0. The van der Waals surface area contributed by atoms with Crippen LogP contribution in [0.4, 0.5) is 0 Å². The maximum Gasteiger partial charge on any atom is 0.375 e. The number of benzene rings is 1. The average Bonchev–Trinajstić information content (AvgIpc) is 2.88. The van der Waals surface area contributed by atoms with Gasteiger partial charge in [0.1, 0.15) is 5.58 Å². The molecule has 0 saturated carbocycles. The van der Waals surface area contributed by atoms with Crippen molar-refractivity contribution in [1.29, 1.82) is 0 Å². The van der Waals surface area contributed by atoms with Gasteiger partial charge in [-0.15, -0.1) is 0 Å². The van der Waals surface area contributed by atoms with Crippen LogP contribution in [0.5, 0.6) is 0 Å². The summed E-state index contributed by atoms with van der Waals surface area (Å²) < 4.78 is 17.3. The second-order valence-corrected chi connectivity index (χ2v) is 7.24. The van der Waals surface area contributed by atoms with Crippen LogP contribution in [-0.2, 0) is 14.3 Å². The molecule has 6 nitrogen and oxygen atoms in total. The summed E-state index contributed by atoms with van der Waals surface area (Å²) in [5, 5.41) is 0.837. The summed E-state index contributed by atoms with van der Waals surface area (Å²) in [5.41, 5.74) is 1.30. The topological polar surface area (TPSA) is 69.0 Å². The number of aryl methyl sites for hydroxylation is 1. The van der Waals surface area contributed by atoms with Crippen LogP contribution in [0.25, 0.3) is 11.0 Å². The van der Waals surface area contributed by atoms with E-state index in [0.29, 0.717) is 24.2 Å². The first-order chi connectivity index (χ1) is 11.8. The predicted octanol–water partition coefficient (Wildman–Crippen LogP) is 3.30. The van der Waals surface area contributed by atoms with E-state index in [1.807, 2.05) is 26.0 Å². The normalized spacial score (nSPS) is 20.7. The van der Waals surface area contributed by atoms with Crippen molar-refractivity contribution in [3.8, 4) is 0 Å². The highest BCUT2D eigenvalue weighted by Crippen LogP contribution is 2.28. The van der Waals surface area contributed by atoms with E-state index < -0.39 is 5.97 Å². The zero-order valence-electron chi connectivity index (χ0n) is 14.4. The third-order valence-corrected chi connectivity index (χ3v) is 4.68. The molecule has 1 aliphatic heterocycles. The molecule has 2 atom stereocenters. The predicted molar refractivity (Wildman–Crippen MR) is 95.5 cm³/mol. The molecule has 1 aromatic carbocycles. The fourth-order valence-corrected chi connectivity index (χ4v) is 3.41. The van der Waals surface area contributed by atoms with Crippen LogP contribution in [-0.4, -0.2) is 48.7 Å². The Labute approximate surface area is 154 Å². The number of rotatable bonds is 3. The zero-order chi connectivity index (χ0) is 18.1. The van der Waals surface area contributed by atoms with Crippen molar-refractivity contribution in [2.75, 3.05) is 19.7 Å². The molecule has 0 bridgehead atoms. The zero-order valence-corrected chi connectivity index (χ0v) is 16.0. The molecule has 0 spiro atoms. The number of fused-ring (bicyclic) bond motifs is 1. The number of amides is 1. The fourth-order valence-electron chi connectivity index (χ4n) is 3.05. The number of ether oxygens (including phenoxy) is 2. The van der Waals surface area contributed by atoms with E-state index in [4.69, 9.17) is 13.9 Å².